The zero-order valence-electron chi connectivity index (χ0n) is 10.4. The molecule has 9 heteroatoms. The van der Waals surface area contributed by atoms with E-state index in [0.717, 1.165) is 0 Å². The van der Waals surface area contributed by atoms with E-state index in [-0.39, 0.29) is 24.3 Å². The molecule has 0 saturated carbocycles. The topological polar surface area (TPSA) is 154 Å². The lowest BCUT2D eigenvalue weighted by molar-refractivity contribution is -0.643. The summed E-state index contributed by atoms with van der Waals surface area (Å²) in [7, 11) is 0. The summed E-state index contributed by atoms with van der Waals surface area (Å²) < 4.78 is 1.57. The number of nitrogens with two attached hydrogens (primary N) is 2. The van der Waals surface area contributed by atoms with E-state index in [1.807, 2.05) is 0 Å². The molecule has 0 aromatic rings. The Bertz CT molecular complexity index is 541. The standard InChI is InChI=1S/C10H16N6O3/c1-3-5(18)7(19)10-6(14-8(11)15-10)4(2-17)13-9(12)16(3)10/h4,6-7,17,19H,2H2,1H3,(H6,11,12,13,14,15,18)/p+2/t4-,6?,7+,10?/m0/s1. The molecule has 0 bridgehead atoms. The molecular formula is C10H18N6O3+2. The average Bonchev–Trinajstić information content (AvgIpc) is 2.80. The van der Waals surface area contributed by atoms with Gasteiger partial charge in [-0.25, -0.2) is 5.32 Å². The van der Waals surface area contributed by atoms with Crippen LogP contribution >= 0.6 is 0 Å². The maximum absolute atomic E-state index is 10.4. The highest BCUT2D eigenvalue weighted by molar-refractivity contribution is 5.78. The van der Waals surface area contributed by atoms with Gasteiger partial charge in [0.25, 0.3) is 5.66 Å². The molecule has 2 unspecified atom stereocenters. The first-order valence-corrected chi connectivity index (χ1v) is 5.98. The summed E-state index contributed by atoms with van der Waals surface area (Å²) in [6.45, 7) is 1.45. The molecule has 9 nitrogen and oxygen atoms in total. The van der Waals surface area contributed by atoms with Gasteiger partial charge in [0.05, 0.1) is 6.61 Å². The molecule has 0 saturated heterocycles. The maximum Gasteiger partial charge on any atom is 0.352 e. The Hall–Kier alpha value is -2.00. The Kier molecular flexibility index (Phi) is 2.23. The van der Waals surface area contributed by atoms with Gasteiger partial charge in [-0.1, -0.05) is 0 Å². The summed E-state index contributed by atoms with van der Waals surface area (Å²) in [5.74, 6) is 0.323. The zero-order chi connectivity index (χ0) is 13.9. The van der Waals surface area contributed by atoms with Crippen LogP contribution in [-0.2, 0) is 0 Å². The van der Waals surface area contributed by atoms with Gasteiger partial charge in [0.15, 0.2) is 17.9 Å². The van der Waals surface area contributed by atoms with Gasteiger partial charge in [0.2, 0.25) is 0 Å². The lowest BCUT2D eigenvalue weighted by Crippen LogP contribution is -2.90. The quantitative estimate of drug-likeness (QED) is 0.221. The van der Waals surface area contributed by atoms with Gasteiger partial charge in [-0.3, -0.25) is 21.8 Å². The Morgan fingerprint density at radius 3 is 2.79 bits per heavy atom. The normalized spacial score (nSPS) is 40.6. The Morgan fingerprint density at radius 2 is 2.16 bits per heavy atom. The lowest BCUT2D eigenvalue weighted by Gasteiger charge is -2.37. The Labute approximate surface area is 108 Å². The molecule has 1 spiro atoms. The largest absolute Gasteiger partial charge is 0.506 e. The summed E-state index contributed by atoms with van der Waals surface area (Å²) in [6, 6.07) is -0.905. The average molecular weight is 270 g/mol. The molecule has 104 valence electrons. The fourth-order valence-electron chi connectivity index (χ4n) is 3.24. The van der Waals surface area contributed by atoms with E-state index >= 15 is 0 Å². The first-order chi connectivity index (χ1) is 8.93. The second kappa shape index (κ2) is 3.52. The van der Waals surface area contributed by atoms with Crippen molar-refractivity contribution in [2.75, 3.05) is 6.61 Å². The molecule has 3 rings (SSSR count). The number of rotatable bonds is 1. The van der Waals surface area contributed by atoms with Crippen molar-refractivity contribution in [3.8, 4) is 0 Å². The number of allylic oxidation sites excluding steroid dienone is 1. The van der Waals surface area contributed by atoms with Crippen LogP contribution in [0.1, 0.15) is 6.92 Å². The summed E-state index contributed by atoms with van der Waals surface area (Å²) in [5, 5.41) is 35.7. The fraction of sp³-hybridized carbons (Fsp3) is 0.600. The van der Waals surface area contributed by atoms with Gasteiger partial charge in [-0.05, 0) is 6.92 Å². The van der Waals surface area contributed by atoms with Crippen LogP contribution in [0, 0.1) is 0 Å². The third-order valence-corrected chi connectivity index (χ3v) is 4.05. The van der Waals surface area contributed by atoms with Crippen LogP contribution in [0.25, 0.3) is 0 Å². The van der Waals surface area contributed by atoms with E-state index in [4.69, 9.17) is 11.5 Å². The highest BCUT2D eigenvalue weighted by Gasteiger charge is 2.69. The van der Waals surface area contributed by atoms with Crippen LogP contribution in [0.15, 0.2) is 11.5 Å². The van der Waals surface area contributed by atoms with E-state index in [2.05, 4.69) is 15.6 Å². The number of aliphatic hydroxyl groups excluding tert-OH is 3. The highest BCUT2D eigenvalue weighted by atomic mass is 16.3. The van der Waals surface area contributed by atoms with Crippen molar-refractivity contribution < 1.29 is 24.9 Å². The van der Waals surface area contributed by atoms with E-state index in [1.54, 1.807) is 11.5 Å². The minimum atomic E-state index is -1.21. The van der Waals surface area contributed by atoms with Gasteiger partial charge in [0, 0.05) is 0 Å². The van der Waals surface area contributed by atoms with Crippen LogP contribution in [0.2, 0.25) is 0 Å². The minimum Gasteiger partial charge on any atom is -0.506 e. The molecule has 3 aliphatic rings. The van der Waals surface area contributed by atoms with Crippen LogP contribution in [-0.4, -0.2) is 62.3 Å². The third-order valence-electron chi connectivity index (χ3n) is 4.05. The first kappa shape index (κ1) is 12.1. The van der Waals surface area contributed by atoms with Gasteiger partial charge < -0.3 is 15.3 Å². The van der Waals surface area contributed by atoms with Gasteiger partial charge >= 0.3 is 11.9 Å². The first-order valence-electron chi connectivity index (χ1n) is 5.98. The van der Waals surface area contributed by atoms with Gasteiger partial charge in [-0.15, -0.1) is 0 Å². The molecule has 0 aliphatic carbocycles. The summed E-state index contributed by atoms with van der Waals surface area (Å²) in [6.07, 6.45) is -1.21. The van der Waals surface area contributed by atoms with Crippen molar-refractivity contribution in [2.45, 2.75) is 30.8 Å². The monoisotopic (exact) mass is 270 g/mol. The van der Waals surface area contributed by atoms with Crippen molar-refractivity contribution in [2.24, 2.45) is 11.5 Å². The molecule has 3 aliphatic heterocycles. The molecule has 0 fully saturated rings. The summed E-state index contributed by atoms with van der Waals surface area (Å²) in [5.41, 5.74) is 11.0. The highest BCUT2D eigenvalue weighted by Crippen LogP contribution is 2.35. The second-order valence-electron chi connectivity index (χ2n) is 5.01. The summed E-state index contributed by atoms with van der Waals surface area (Å²) in [4.78, 5) is 2.96. The van der Waals surface area contributed by atoms with E-state index in [0.29, 0.717) is 5.70 Å². The van der Waals surface area contributed by atoms with E-state index in [9.17, 15) is 15.3 Å². The van der Waals surface area contributed by atoms with Crippen LogP contribution in [0.5, 0.6) is 0 Å². The minimum absolute atomic E-state index is 0.169. The number of guanidine groups is 2. The molecule has 0 aromatic heterocycles. The fourth-order valence-corrected chi connectivity index (χ4v) is 3.24. The molecular weight excluding hydrogens is 252 g/mol. The third kappa shape index (κ3) is 1.21. The molecule has 0 radical (unpaired) electrons. The Balaban J connectivity index is 2.21. The van der Waals surface area contributed by atoms with Crippen molar-refractivity contribution in [3.63, 3.8) is 0 Å². The number of hydrogen-bond donors (Lipinski definition) is 8. The van der Waals surface area contributed by atoms with Crippen molar-refractivity contribution in [3.05, 3.63) is 11.5 Å². The number of nitrogens with zero attached hydrogens (tertiary/aromatic N) is 1. The van der Waals surface area contributed by atoms with E-state index < -0.39 is 23.9 Å². The summed E-state index contributed by atoms with van der Waals surface area (Å²) >= 11 is 0. The molecule has 19 heavy (non-hydrogen) atoms. The van der Waals surface area contributed by atoms with Crippen molar-refractivity contribution in [1.29, 1.82) is 0 Å². The lowest BCUT2D eigenvalue weighted by atomic mass is 9.89. The molecule has 0 aromatic carbocycles. The molecule has 3 heterocycles. The smallest absolute Gasteiger partial charge is 0.352 e. The van der Waals surface area contributed by atoms with Gasteiger partial charge in [-0.2, -0.15) is 4.58 Å². The van der Waals surface area contributed by atoms with Crippen molar-refractivity contribution >= 4 is 11.9 Å². The van der Waals surface area contributed by atoms with Crippen LogP contribution < -0.4 is 27.1 Å². The molecule has 10 N–H and O–H groups in total. The number of nitrogens with one attached hydrogen (secondary N) is 3. The van der Waals surface area contributed by atoms with Crippen LogP contribution in [0.3, 0.4) is 0 Å². The SMILES string of the molecule is CC1=C(O)[C@@H](O)C23NC(N)=[NH+]C2[C@H](CO)NC(N)=[N+]13. The number of aliphatic hydroxyl groups is 3. The maximum atomic E-state index is 10.4. The predicted molar refractivity (Wildman–Crippen MR) is 64.6 cm³/mol. The van der Waals surface area contributed by atoms with Crippen LogP contribution in [0.4, 0.5) is 0 Å². The molecule has 4 atom stereocenters. The predicted octanol–water partition coefficient (Wildman–Crippen LogP) is -5.49. The zero-order valence-corrected chi connectivity index (χ0v) is 10.4. The second-order valence-corrected chi connectivity index (χ2v) is 5.01. The molecule has 0 amide bonds. The number of hydrogen-bond acceptors (Lipinski definition) is 7. The Morgan fingerprint density at radius 1 is 1.47 bits per heavy atom. The van der Waals surface area contributed by atoms with Crippen molar-refractivity contribution in [1.82, 2.24) is 10.6 Å². The van der Waals surface area contributed by atoms with E-state index in [1.165, 1.54) is 0 Å². The van der Waals surface area contributed by atoms with Gasteiger partial charge in [0.1, 0.15) is 11.7 Å².